The molecule has 0 unspecified atom stereocenters. The van der Waals surface area contributed by atoms with Crippen molar-refractivity contribution in [2.24, 2.45) is 7.05 Å². The van der Waals surface area contributed by atoms with Crippen LogP contribution in [-0.4, -0.2) is 37.6 Å². The fourth-order valence-corrected chi connectivity index (χ4v) is 6.25. The van der Waals surface area contributed by atoms with Crippen LogP contribution < -0.4 is 15.8 Å². The number of aryl methyl sites for hydroxylation is 1. The third-order valence-corrected chi connectivity index (χ3v) is 8.08. The van der Waals surface area contributed by atoms with E-state index in [9.17, 15) is 14.4 Å². The molecule has 6 rings (SSSR count). The van der Waals surface area contributed by atoms with Crippen LogP contribution in [0.5, 0.6) is 0 Å². The number of carbonyl (C=O) groups is 2. The van der Waals surface area contributed by atoms with Gasteiger partial charge in [0.15, 0.2) is 0 Å². The summed E-state index contributed by atoms with van der Waals surface area (Å²) in [5.74, 6) is 0.764. The van der Waals surface area contributed by atoms with Crippen LogP contribution in [0, 0.1) is 0 Å². The predicted molar refractivity (Wildman–Crippen MR) is 156 cm³/mol. The van der Waals surface area contributed by atoms with Gasteiger partial charge in [-0.15, -0.1) is 0 Å². The molecule has 10 heteroatoms. The zero-order valence-electron chi connectivity index (χ0n) is 23.8. The Kier molecular flexibility index (Phi) is 6.43. The molecule has 2 amide bonds. The number of hydrogen-bond acceptors (Lipinski definition) is 6. The first-order valence-corrected chi connectivity index (χ1v) is 14.0. The lowest BCUT2D eigenvalue weighted by Gasteiger charge is -2.32. The molecule has 0 radical (unpaired) electrons. The first-order valence-electron chi connectivity index (χ1n) is 14.0. The number of nitrogens with zero attached hydrogens (tertiary/aromatic N) is 4. The molecule has 2 aromatic carbocycles. The van der Waals surface area contributed by atoms with Crippen molar-refractivity contribution in [2.45, 2.75) is 70.4 Å². The molecule has 2 aromatic heterocycles. The molecule has 0 atom stereocenters. The van der Waals surface area contributed by atoms with Gasteiger partial charge >= 0.3 is 6.09 Å². The van der Waals surface area contributed by atoms with E-state index in [0.717, 1.165) is 54.5 Å². The van der Waals surface area contributed by atoms with Crippen molar-refractivity contribution in [1.29, 1.82) is 0 Å². The van der Waals surface area contributed by atoms with Gasteiger partial charge in [0.2, 0.25) is 5.91 Å². The molecule has 1 saturated carbocycles. The van der Waals surface area contributed by atoms with Crippen LogP contribution in [-0.2, 0) is 28.5 Å². The Balaban J connectivity index is 1.42. The Morgan fingerprint density at radius 2 is 1.83 bits per heavy atom. The molecular formula is C31H34N6O4. The molecule has 1 aliphatic heterocycles. The number of aromatic nitrogens is 4. The van der Waals surface area contributed by atoms with E-state index in [1.807, 2.05) is 42.3 Å². The third kappa shape index (κ3) is 4.57. The molecular weight excluding hydrogens is 520 g/mol. The zero-order chi connectivity index (χ0) is 28.9. The van der Waals surface area contributed by atoms with Gasteiger partial charge in [-0.1, -0.05) is 43.5 Å². The minimum atomic E-state index is -0.643. The van der Waals surface area contributed by atoms with Crippen molar-refractivity contribution in [2.75, 3.05) is 4.90 Å². The molecule has 41 heavy (non-hydrogen) atoms. The number of carbonyl (C=O) groups excluding carboxylic acids is 2. The quantitative estimate of drug-likeness (QED) is 0.356. The molecule has 2 N–H and O–H groups in total. The maximum atomic E-state index is 14.3. The number of fused-ring (bicyclic) bond motifs is 3. The highest BCUT2D eigenvalue weighted by molar-refractivity contribution is 6.14. The van der Waals surface area contributed by atoms with Crippen molar-refractivity contribution in [3.63, 3.8) is 0 Å². The van der Waals surface area contributed by atoms with E-state index in [1.165, 1.54) is 0 Å². The molecule has 1 aliphatic carbocycles. The summed E-state index contributed by atoms with van der Waals surface area (Å²) < 4.78 is 7.08. The summed E-state index contributed by atoms with van der Waals surface area (Å²) in [7, 11) is 1.84. The van der Waals surface area contributed by atoms with Gasteiger partial charge in [-0.25, -0.2) is 9.89 Å². The largest absolute Gasteiger partial charge is 0.444 e. The van der Waals surface area contributed by atoms with E-state index in [4.69, 9.17) is 4.74 Å². The van der Waals surface area contributed by atoms with E-state index in [0.29, 0.717) is 22.3 Å². The minimum absolute atomic E-state index is 0.0616. The molecule has 0 saturated heterocycles. The molecule has 212 valence electrons. The van der Waals surface area contributed by atoms with E-state index in [-0.39, 0.29) is 18.0 Å². The Bertz CT molecular complexity index is 1720. The topological polar surface area (TPSA) is 122 Å². The van der Waals surface area contributed by atoms with Crippen molar-refractivity contribution < 1.29 is 14.3 Å². The van der Waals surface area contributed by atoms with Crippen LogP contribution >= 0.6 is 0 Å². The number of alkyl carbamates (subject to hydrolysis) is 1. The maximum absolute atomic E-state index is 14.3. The number of anilines is 2. The van der Waals surface area contributed by atoms with Crippen LogP contribution in [0.3, 0.4) is 0 Å². The van der Waals surface area contributed by atoms with Crippen molar-refractivity contribution in [3.8, 4) is 11.1 Å². The summed E-state index contributed by atoms with van der Waals surface area (Å²) in [6, 6.07) is 13.5. The molecule has 1 fully saturated rings. The van der Waals surface area contributed by atoms with Crippen molar-refractivity contribution in [3.05, 3.63) is 70.3 Å². The smallest absolute Gasteiger partial charge is 0.407 e. The average molecular weight is 555 g/mol. The van der Waals surface area contributed by atoms with Gasteiger partial charge in [0.1, 0.15) is 11.4 Å². The van der Waals surface area contributed by atoms with Crippen LogP contribution in [0.25, 0.3) is 21.9 Å². The summed E-state index contributed by atoms with van der Waals surface area (Å²) in [5.41, 5.74) is 2.52. The second kappa shape index (κ2) is 9.87. The third-order valence-electron chi connectivity index (χ3n) is 8.08. The molecule has 0 bridgehead atoms. The molecule has 10 nitrogen and oxygen atoms in total. The minimum Gasteiger partial charge on any atom is -0.444 e. The highest BCUT2D eigenvalue weighted by atomic mass is 16.6. The number of para-hydroxylation sites is 1. The molecule has 4 aromatic rings. The maximum Gasteiger partial charge on any atom is 0.407 e. The molecule has 1 spiro atoms. The highest BCUT2D eigenvalue weighted by Crippen LogP contribution is 2.53. The average Bonchev–Trinajstić information content (AvgIpc) is 3.42. The first kappa shape index (κ1) is 26.7. The molecule has 3 heterocycles. The standard InChI is InChI=1S/C31H34N6O4/c1-30(2,3)41-29(40)32-18-24-21-16-19(12-13-20(21)26(38)35-34-24)22-17-33-36(4)27(22)37-25-11-7-6-10-23(25)31(28(37)39)14-8-5-9-15-31/h6-7,10-13,16-17H,5,8-9,14-15,18H2,1-4H3,(H,32,40)(H,35,38). The number of rotatable bonds is 4. The normalized spacial score (nSPS) is 16.3. The van der Waals surface area contributed by atoms with Crippen LogP contribution in [0.2, 0.25) is 0 Å². The monoisotopic (exact) mass is 554 g/mol. The summed E-state index contributed by atoms with van der Waals surface area (Å²) in [5, 5.41) is 15.1. The van der Waals surface area contributed by atoms with Gasteiger partial charge < -0.3 is 10.1 Å². The van der Waals surface area contributed by atoms with E-state index in [1.54, 1.807) is 37.7 Å². The Labute approximate surface area is 237 Å². The number of benzene rings is 2. The number of amides is 2. The van der Waals surface area contributed by atoms with Gasteiger partial charge in [-0.05, 0) is 62.9 Å². The number of ether oxygens (including phenoxy) is 1. The van der Waals surface area contributed by atoms with Crippen molar-refractivity contribution in [1.82, 2.24) is 25.3 Å². The first-order chi connectivity index (χ1) is 19.6. The molecule has 2 aliphatic rings. The summed E-state index contributed by atoms with van der Waals surface area (Å²) in [6.45, 7) is 5.43. The summed E-state index contributed by atoms with van der Waals surface area (Å²) in [4.78, 5) is 41.1. The fraction of sp³-hybridized carbons (Fsp3) is 0.387. The van der Waals surface area contributed by atoms with Crippen LogP contribution in [0.15, 0.2) is 53.5 Å². The van der Waals surface area contributed by atoms with Crippen LogP contribution in [0.4, 0.5) is 16.3 Å². The summed E-state index contributed by atoms with van der Waals surface area (Å²) >= 11 is 0. The SMILES string of the molecule is Cn1ncc(-c2ccc3c(=O)[nH]nc(CNC(=O)OC(C)(C)C)c3c2)c1N1C(=O)C2(CCCCC2)c2ccccc21. The lowest BCUT2D eigenvalue weighted by molar-refractivity contribution is -0.123. The Hall–Kier alpha value is -4.47. The Morgan fingerprint density at radius 3 is 2.59 bits per heavy atom. The number of H-pyrrole nitrogens is 1. The fourth-order valence-electron chi connectivity index (χ4n) is 6.25. The number of nitrogens with one attached hydrogen (secondary N) is 2. The van der Waals surface area contributed by atoms with E-state index < -0.39 is 17.1 Å². The zero-order valence-corrected chi connectivity index (χ0v) is 23.8. The lowest BCUT2D eigenvalue weighted by atomic mass is 9.70. The Morgan fingerprint density at radius 1 is 1.07 bits per heavy atom. The van der Waals surface area contributed by atoms with Gasteiger partial charge in [0.05, 0.1) is 34.9 Å². The summed E-state index contributed by atoms with van der Waals surface area (Å²) in [6.07, 6.45) is 6.04. The van der Waals surface area contributed by atoms with E-state index in [2.05, 4.69) is 26.7 Å². The predicted octanol–water partition coefficient (Wildman–Crippen LogP) is 5.23. The highest BCUT2D eigenvalue weighted by Gasteiger charge is 2.52. The second-order valence-electron chi connectivity index (χ2n) is 11.9. The second-order valence-corrected chi connectivity index (χ2v) is 11.9. The van der Waals surface area contributed by atoms with Gasteiger partial charge in [-0.3, -0.25) is 19.2 Å². The van der Waals surface area contributed by atoms with E-state index >= 15 is 0 Å². The van der Waals surface area contributed by atoms with Gasteiger partial charge in [0.25, 0.3) is 5.56 Å². The van der Waals surface area contributed by atoms with Gasteiger partial charge in [-0.2, -0.15) is 10.2 Å². The number of aromatic amines is 1. The van der Waals surface area contributed by atoms with Crippen LogP contribution in [0.1, 0.15) is 64.1 Å². The lowest BCUT2D eigenvalue weighted by Crippen LogP contribution is -2.40. The van der Waals surface area contributed by atoms with Crippen molar-refractivity contribution >= 4 is 34.3 Å². The number of hydrogen-bond donors (Lipinski definition) is 2. The van der Waals surface area contributed by atoms with Gasteiger partial charge in [0, 0.05) is 18.0 Å².